The molecule has 2 N–H and O–H groups in total. The molecule has 7 nitrogen and oxygen atoms in total. The number of carbonyl (C=O) groups is 1. The first-order valence-electron chi connectivity index (χ1n) is 8.52. The molecule has 0 radical (unpaired) electrons. The highest BCUT2D eigenvalue weighted by molar-refractivity contribution is 5.66. The van der Waals surface area contributed by atoms with Crippen LogP contribution in [0.5, 0.6) is 11.5 Å². The van der Waals surface area contributed by atoms with Crippen LogP contribution in [-0.4, -0.2) is 16.1 Å². The summed E-state index contributed by atoms with van der Waals surface area (Å²) >= 11 is 0. The molecule has 0 aliphatic rings. The number of hydrogen-bond acceptors (Lipinski definition) is 4. The first kappa shape index (κ1) is 20.2. The molecule has 27 heavy (non-hydrogen) atoms. The summed E-state index contributed by atoms with van der Waals surface area (Å²) in [6.07, 6.45) is -1.25. The van der Waals surface area contributed by atoms with Crippen molar-refractivity contribution in [2.75, 3.05) is 0 Å². The molecule has 0 fully saturated rings. The third-order valence-corrected chi connectivity index (χ3v) is 4.35. The van der Waals surface area contributed by atoms with E-state index in [9.17, 15) is 20.0 Å². The van der Waals surface area contributed by atoms with Crippen LogP contribution in [0, 0.1) is 29.4 Å². The van der Waals surface area contributed by atoms with Crippen molar-refractivity contribution >= 4 is 11.8 Å². The second-order valence-corrected chi connectivity index (χ2v) is 7.57. The van der Waals surface area contributed by atoms with Gasteiger partial charge in [-0.25, -0.2) is 4.79 Å². The molecule has 0 heterocycles. The number of ether oxygens (including phenoxy) is 1. The van der Waals surface area contributed by atoms with E-state index in [4.69, 9.17) is 4.74 Å². The molecule has 0 aliphatic carbocycles. The number of nitrogens with one attached hydrogen (secondary N) is 1. The SMILES string of the molecule is Cc1ccc(Oc2ccc([N+](=O)[O-])c(C(NC(=O)O)C(C)(C)C)c2)cc1C. The Bertz CT molecular complexity index is 871. The monoisotopic (exact) mass is 372 g/mol. The van der Waals surface area contributed by atoms with E-state index < -0.39 is 22.5 Å². The van der Waals surface area contributed by atoms with Crippen molar-refractivity contribution in [3.8, 4) is 11.5 Å². The molecular weight excluding hydrogens is 348 g/mol. The Kier molecular flexibility index (Phi) is 5.73. The maximum atomic E-state index is 11.5. The van der Waals surface area contributed by atoms with Gasteiger partial charge in [0.05, 0.1) is 16.5 Å². The zero-order valence-electron chi connectivity index (χ0n) is 16.1. The van der Waals surface area contributed by atoms with Gasteiger partial charge >= 0.3 is 6.09 Å². The van der Waals surface area contributed by atoms with Gasteiger partial charge in [-0.1, -0.05) is 26.8 Å². The van der Waals surface area contributed by atoms with Crippen LogP contribution < -0.4 is 10.1 Å². The van der Waals surface area contributed by atoms with Crippen molar-refractivity contribution in [1.29, 1.82) is 0 Å². The summed E-state index contributed by atoms with van der Waals surface area (Å²) in [5.41, 5.74) is 1.72. The van der Waals surface area contributed by atoms with Gasteiger partial charge in [-0.15, -0.1) is 0 Å². The number of benzene rings is 2. The Hall–Kier alpha value is -3.09. The zero-order chi connectivity index (χ0) is 20.4. The lowest BCUT2D eigenvalue weighted by Gasteiger charge is -2.30. The summed E-state index contributed by atoms with van der Waals surface area (Å²) in [6.45, 7) is 9.40. The van der Waals surface area contributed by atoms with Gasteiger partial charge in [0, 0.05) is 6.07 Å². The maximum absolute atomic E-state index is 11.5. The molecule has 0 saturated heterocycles. The summed E-state index contributed by atoms with van der Waals surface area (Å²) in [6, 6.07) is 9.23. The van der Waals surface area contributed by atoms with Gasteiger partial charge in [-0.2, -0.15) is 0 Å². The van der Waals surface area contributed by atoms with Crippen molar-refractivity contribution in [2.24, 2.45) is 5.41 Å². The van der Waals surface area contributed by atoms with Gasteiger partial charge in [-0.05, 0) is 54.7 Å². The van der Waals surface area contributed by atoms with E-state index in [1.54, 1.807) is 0 Å². The smallest absolute Gasteiger partial charge is 0.405 e. The number of aryl methyl sites for hydroxylation is 2. The summed E-state index contributed by atoms with van der Waals surface area (Å²) in [7, 11) is 0. The average Bonchev–Trinajstić information content (AvgIpc) is 2.54. The molecule has 0 aromatic heterocycles. The maximum Gasteiger partial charge on any atom is 0.405 e. The van der Waals surface area contributed by atoms with Crippen molar-refractivity contribution < 1.29 is 19.6 Å². The van der Waals surface area contributed by atoms with Gasteiger partial charge in [0.25, 0.3) is 5.69 Å². The predicted octanol–water partition coefficient (Wildman–Crippen LogP) is 5.36. The van der Waals surface area contributed by atoms with Crippen LogP contribution >= 0.6 is 0 Å². The standard InChI is InChI=1S/C20H24N2O5/c1-12-6-7-14(10-13(12)2)27-15-8-9-17(22(25)26)16(11-15)18(20(3,4)5)21-19(23)24/h6-11,18,21H,1-5H3,(H,23,24). The van der Waals surface area contributed by atoms with Crippen LogP contribution in [0.3, 0.4) is 0 Å². The summed E-state index contributed by atoms with van der Waals surface area (Å²) in [5, 5.41) is 23.1. The van der Waals surface area contributed by atoms with Crippen molar-refractivity contribution in [3.63, 3.8) is 0 Å². The number of hydrogen-bond donors (Lipinski definition) is 2. The third kappa shape index (κ3) is 4.97. The summed E-state index contributed by atoms with van der Waals surface area (Å²) in [5.74, 6) is 1.01. The third-order valence-electron chi connectivity index (χ3n) is 4.35. The van der Waals surface area contributed by atoms with E-state index in [1.807, 2.05) is 52.8 Å². The van der Waals surface area contributed by atoms with E-state index >= 15 is 0 Å². The quantitative estimate of drug-likeness (QED) is 0.543. The number of nitro benzene ring substituents is 1. The highest BCUT2D eigenvalue weighted by atomic mass is 16.6. The lowest BCUT2D eigenvalue weighted by molar-refractivity contribution is -0.386. The number of carboxylic acid groups (broad SMARTS) is 1. The number of rotatable bonds is 5. The highest BCUT2D eigenvalue weighted by Crippen LogP contribution is 2.39. The minimum Gasteiger partial charge on any atom is -0.465 e. The lowest BCUT2D eigenvalue weighted by atomic mass is 9.81. The van der Waals surface area contributed by atoms with E-state index in [-0.39, 0.29) is 11.3 Å². The normalized spacial score (nSPS) is 12.3. The van der Waals surface area contributed by atoms with Gasteiger partial charge < -0.3 is 15.2 Å². The van der Waals surface area contributed by atoms with Crippen molar-refractivity contribution in [3.05, 3.63) is 63.2 Å². The molecule has 0 bridgehead atoms. The van der Waals surface area contributed by atoms with Crippen LogP contribution in [0.1, 0.15) is 43.5 Å². The Labute approximate surface area is 158 Å². The van der Waals surface area contributed by atoms with Crippen LogP contribution in [0.4, 0.5) is 10.5 Å². The fourth-order valence-electron chi connectivity index (χ4n) is 2.79. The number of amides is 1. The molecule has 0 saturated carbocycles. The number of nitro groups is 1. The molecule has 0 spiro atoms. The van der Waals surface area contributed by atoms with Crippen LogP contribution in [-0.2, 0) is 0 Å². The Morgan fingerprint density at radius 2 is 1.70 bits per heavy atom. The molecule has 1 unspecified atom stereocenters. The minimum absolute atomic E-state index is 0.156. The molecule has 1 atom stereocenters. The lowest BCUT2D eigenvalue weighted by Crippen LogP contribution is -2.36. The average molecular weight is 372 g/mol. The summed E-state index contributed by atoms with van der Waals surface area (Å²) < 4.78 is 5.86. The predicted molar refractivity (Wildman–Crippen MR) is 102 cm³/mol. The van der Waals surface area contributed by atoms with Crippen molar-refractivity contribution in [2.45, 2.75) is 40.7 Å². The first-order valence-corrected chi connectivity index (χ1v) is 8.52. The van der Waals surface area contributed by atoms with Crippen LogP contribution in [0.2, 0.25) is 0 Å². The zero-order valence-corrected chi connectivity index (χ0v) is 16.1. The largest absolute Gasteiger partial charge is 0.465 e. The van der Waals surface area contributed by atoms with E-state index in [0.717, 1.165) is 11.1 Å². The number of nitrogens with zero attached hydrogens (tertiary/aromatic N) is 1. The molecule has 2 aromatic carbocycles. The topological polar surface area (TPSA) is 102 Å². The Morgan fingerprint density at radius 1 is 1.11 bits per heavy atom. The Morgan fingerprint density at radius 3 is 2.22 bits per heavy atom. The Balaban J connectivity index is 2.50. The first-order chi connectivity index (χ1) is 12.5. The van der Waals surface area contributed by atoms with E-state index in [2.05, 4.69) is 5.32 Å². The van der Waals surface area contributed by atoms with Gasteiger partial charge in [0.1, 0.15) is 11.5 Å². The van der Waals surface area contributed by atoms with Gasteiger partial charge in [0.15, 0.2) is 0 Å². The highest BCUT2D eigenvalue weighted by Gasteiger charge is 2.33. The fraction of sp³-hybridized carbons (Fsp3) is 0.350. The molecule has 2 aromatic rings. The second-order valence-electron chi connectivity index (χ2n) is 7.57. The van der Waals surface area contributed by atoms with E-state index in [1.165, 1.54) is 18.2 Å². The van der Waals surface area contributed by atoms with Gasteiger partial charge in [0.2, 0.25) is 0 Å². The minimum atomic E-state index is -1.25. The van der Waals surface area contributed by atoms with Crippen LogP contribution in [0.25, 0.3) is 0 Å². The second kappa shape index (κ2) is 7.65. The fourth-order valence-corrected chi connectivity index (χ4v) is 2.79. The molecule has 1 amide bonds. The van der Waals surface area contributed by atoms with Crippen molar-refractivity contribution in [1.82, 2.24) is 5.32 Å². The molecular formula is C20H24N2O5. The molecule has 144 valence electrons. The van der Waals surface area contributed by atoms with E-state index in [0.29, 0.717) is 11.5 Å². The molecule has 2 rings (SSSR count). The van der Waals surface area contributed by atoms with Gasteiger partial charge in [-0.3, -0.25) is 10.1 Å². The summed E-state index contributed by atoms with van der Waals surface area (Å²) in [4.78, 5) is 22.2. The molecule has 0 aliphatic heterocycles. The van der Waals surface area contributed by atoms with Crippen LogP contribution in [0.15, 0.2) is 36.4 Å². The molecule has 7 heteroatoms.